The minimum absolute atomic E-state index is 0.143. The van der Waals surface area contributed by atoms with Gasteiger partial charge in [0.05, 0.1) is 11.5 Å². The predicted molar refractivity (Wildman–Crippen MR) is 126 cm³/mol. The highest BCUT2D eigenvalue weighted by molar-refractivity contribution is 7.89. The first kappa shape index (κ1) is 21.7. The summed E-state index contributed by atoms with van der Waals surface area (Å²) in [6.45, 7) is 1.78. The molecule has 2 heterocycles. The standard InChI is InChI=1S/C26H26N2O4S/c29-26(27-16-19-14-21-7-3-4-11-25(21)32-18-19)22-9-5-10-24(15-22)33(30,31)28-13-12-20-6-1-2-8-23(20)17-28/h1-11,15,19H,12-14,16-18H2,(H,27,29). The van der Waals surface area contributed by atoms with Gasteiger partial charge in [0.1, 0.15) is 5.75 Å². The van der Waals surface area contributed by atoms with Crippen LogP contribution in [0.15, 0.2) is 77.7 Å². The van der Waals surface area contributed by atoms with Crippen molar-refractivity contribution in [1.29, 1.82) is 0 Å². The van der Waals surface area contributed by atoms with Crippen molar-refractivity contribution in [3.05, 3.63) is 95.1 Å². The van der Waals surface area contributed by atoms with Gasteiger partial charge in [-0.3, -0.25) is 4.79 Å². The Kier molecular flexibility index (Phi) is 5.91. The van der Waals surface area contributed by atoms with Gasteiger partial charge in [0.25, 0.3) is 5.91 Å². The molecule has 0 fully saturated rings. The zero-order valence-corrected chi connectivity index (χ0v) is 19.1. The van der Waals surface area contributed by atoms with Gasteiger partial charge in [-0.1, -0.05) is 48.5 Å². The normalized spacial score (nSPS) is 18.0. The van der Waals surface area contributed by atoms with Crippen molar-refractivity contribution < 1.29 is 17.9 Å². The number of carbonyl (C=O) groups is 1. The topological polar surface area (TPSA) is 75.7 Å². The molecule has 0 bridgehead atoms. The second-order valence-corrected chi connectivity index (χ2v) is 10.5. The molecule has 1 amide bonds. The fourth-order valence-electron chi connectivity index (χ4n) is 4.48. The van der Waals surface area contributed by atoms with Crippen LogP contribution in [0.25, 0.3) is 0 Å². The summed E-state index contributed by atoms with van der Waals surface area (Å²) < 4.78 is 33.8. The second-order valence-electron chi connectivity index (χ2n) is 8.58. The van der Waals surface area contributed by atoms with E-state index in [1.54, 1.807) is 18.2 Å². The predicted octanol–water partition coefficient (Wildman–Crippen LogP) is 3.41. The number of ether oxygens (including phenoxy) is 1. The van der Waals surface area contributed by atoms with Crippen molar-refractivity contribution in [2.45, 2.75) is 24.3 Å². The van der Waals surface area contributed by atoms with Crippen molar-refractivity contribution in [1.82, 2.24) is 9.62 Å². The number of amides is 1. The van der Waals surface area contributed by atoms with Crippen molar-refractivity contribution in [3.63, 3.8) is 0 Å². The Morgan fingerprint density at radius 2 is 1.73 bits per heavy atom. The molecule has 0 radical (unpaired) electrons. The molecule has 170 valence electrons. The summed E-state index contributed by atoms with van der Waals surface area (Å²) in [5, 5.41) is 2.94. The van der Waals surface area contributed by atoms with Gasteiger partial charge in [-0.2, -0.15) is 4.31 Å². The largest absolute Gasteiger partial charge is 0.493 e. The average molecular weight is 463 g/mol. The summed E-state index contributed by atoms with van der Waals surface area (Å²) in [5.74, 6) is 0.789. The van der Waals surface area contributed by atoms with Crippen LogP contribution in [0.1, 0.15) is 27.0 Å². The van der Waals surface area contributed by atoms with Gasteiger partial charge in [0.2, 0.25) is 10.0 Å². The lowest BCUT2D eigenvalue weighted by molar-refractivity contribution is 0.0939. The zero-order chi connectivity index (χ0) is 22.8. The lowest BCUT2D eigenvalue weighted by Crippen LogP contribution is -2.36. The maximum atomic E-state index is 13.3. The summed E-state index contributed by atoms with van der Waals surface area (Å²) in [4.78, 5) is 12.9. The number of nitrogens with zero attached hydrogens (tertiary/aromatic N) is 1. The molecular weight excluding hydrogens is 436 g/mol. The molecule has 0 spiro atoms. The van der Waals surface area contributed by atoms with Crippen LogP contribution in [-0.2, 0) is 29.4 Å². The van der Waals surface area contributed by atoms with Gasteiger partial charge in [0, 0.05) is 31.1 Å². The van der Waals surface area contributed by atoms with E-state index in [9.17, 15) is 13.2 Å². The minimum Gasteiger partial charge on any atom is -0.493 e. The highest BCUT2D eigenvalue weighted by Crippen LogP contribution is 2.27. The van der Waals surface area contributed by atoms with Crippen molar-refractivity contribution in [3.8, 4) is 5.75 Å². The first-order chi connectivity index (χ1) is 16.0. The van der Waals surface area contributed by atoms with Gasteiger partial charge in [-0.05, 0) is 53.8 Å². The minimum atomic E-state index is -3.70. The quantitative estimate of drug-likeness (QED) is 0.631. The summed E-state index contributed by atoms with van der Waals surface area (Å²) in [6, 6.07) is 22.1. The summed E-state index contributed by atoms with van der Waals surface area (Å²) in [5.41, 5.74) is 3.69. The van der Waals surface area contributed by atoms with Crippen LogP contribution in [0.2, 0.25) is 0 Å². The van der Waals surface area contributed by atoms with Crippen LogP contribution in [0, 0.1) is 5.92 Å². The van der Waals surface area contributed by atoms with E-state index in [2.05, 4.69) is 5.32 Å². The van der Waals surface area contributed by atoms with E-state index in [0.29, 0.717) is 38.2 Å². The molecule has 7 heteroatoms. The summed E-state index contributed by atoms with van der Waals surface area (Å²) in [6.07, 6.45) is 1.52. The monoisotopic (exact) mass is 462 g/mol. The molecule has 33 heavy (non-hydrogen) atoms. The highest BCUT2D eigenvalue weighted by atomic mass is 32.2. The third-order valence-corrected chi connectivity index (χ3v) is 8.18. The van der Waals surface area contributed by atoms with E-state index >= 15 is 0 Å². The number of rotatable bonds is 5. The van der Waals surface area contributed by atoms with Gasteiger partial charge in [0.15, 0.2) is 0 Å². The van der Waals surface area contributed by atoms with E-state index in [-0.39, 0.29) is 16.7 Å². The third kappa shape index (κ3) is 4.51. The average Bonchev–Trinajstić information content (AvgIpc) is 2.87. The lowest BCUT2D eigenvalue weighted by Gasteiger charge is -2.28. The molecule has 0 aliphatic carbocycles. The fraction of sp³-hybridized carbons (Fsp3) is 0.269. The summed E-state index contributed by atoms with van der Waals surface area (Å²) in [7, 11) is -3.70. The smallest absolute Gasteiger partial charge is 0.251 e. The number of fused-ring (bicyclic) bond motifs is 2. The van der Waals surface area contributed by atoms with Crippen molar-refractivity contribution in [2.75, 3.05) is 19.7 Å². The highest BCUT2D eigenvalue weighted by Gasteiger charge is 2.29. The molecule has 1 unspecified atom stereocenters. The Hall–Kier alpha value is -3.16. The van der Waals surface area contributed by atoms with E-state index in [1.165, 1.54) is 15.9 Å². The molecule has 3 aromatic carbocycles. The SMILES string of the molecule is O=C(NCC1COc2ccccc2C1)c1cccc(S(=O)(=O)N2CCc3ccccc3C2)c1. The second kappa shape index (κ2) is 9.00. The molecule has 2 aliphatic rings. The van der Waals surface area contributed by atoms with Gasteiger partial charge in [-0.15, -0.1) is 0 Å². The van der Waals surface area contributed by atoms with Crippen LogP contribution in [-0.4, -0.2) is 38.3 Å². The molecule has 0 saturated heterocycles. The zero-order valence-electron chi connectivity index (χ0n) is 18.2. The van der Waals surface area contributed by atoms with E-state index in [4.69, 9.17) is 4.74 Å². The Labute approximate surface area is 194 Å². The van der Waals surface area contributed by atoms with Gasteiger partial charge in [-0.25, -0.2) is 8.42 Å². The number of para-hydroxylation sites is 1. The van der Waals surface area contributed by atoms with Crippen LogP contribution in [0.5, 0.6) is 5.75 Å². The molecule has 1 atom stereocenters. The number of sulfonamides is 1. The van der Waals surface area contributed by atoms with Gasteiger partial charge < -0.3 is 10.1 Å². The molecule has 0 aromatic heterocycles. The Bertz CT molecular complexity index is 1290. The Morgan fingerprint density at radius 1 is 0.970 bits per heavy atom. The first-order valence-corrected chi connectivity index (χ1v) is 12.6. The van der Waals surface area contributed by atoms with Crippen LogP contribution >= 0.6 is 0 Å². The third-order valence-electron chi connectivity index (χ3n) is 6.34. The molecular formula is C26H26N2O4S. The number of nitrogens with one attached hydrogen (secondary N) is 1. The molecule has 6 nitrogen and oxygen atoms in total. The van der Waals surface area contributed by atoms with Crippen LogP contribution < -0.4 is 10.1 Å². The molecule has 2 aliphatic heterocycles. The number of hydrogen-bond donors (Lipinski definition) is 1. The van der Waals surface area contributed by atoms with E-state index in [1.807, 2.05) is 48.5 Å². The van der Waals surface area contributed by atoms with Crippen molar-refractivity contribution >= 4 is 15.9 Å². The van der Waals surface area contributed by atoms with E-state index in [0.717, 1.165) is 23.3 Å². The molecule has 3 aromatic rings. The first-order valence-electron chi connectivity index (χ1n) is 11.2. The fourth-order valence-corrected chi connectivity index (χ4v) is 5.95. The van der Waals surface area contributed by atoms with Crippen molar-refractivity contribution in [2.24, 2.45) is 5.92 Å². The lowest BCUT2D eigenvalue weighted by atomic mass is 9.96. The van der Waals surface area contributed by atoms with Crippen LogP contribution in [0.3, 0.4) is 0 Å². The molecule has 5 rings (SSSR count). The van der Waals surface area contributed by atoms with Crippen LogP contribution in [0.4, 0.5) is 0 Å². The Morgan fingerprint density at radius 3 is 2.58 bits per heavy atom. The molecule has 0 saturated carbocycles. The molecule has 1 N–H and O–H groups in total. The van der Waals surface area contributed by atoms with Gasteiger partial charge >= 0.3 is 0 Å². The van der Waals surface area contributed by atoms with E-state index < -0.39 is 10.0 Å². The summed E-state index contributed by atoms with van der Waals surface area (Å²) >= 11 is 0. The maximum absolute atomic E-state index is 13.3. The number of benzene rings is 3. The number of hydrogen-bond acceptors (Lipinski definition) is 4. The maximum Gasteiger partial charge on any atom is 0.251 e. The number of carbonyl (C=O) groups excluding carboxylic acids is 1. The Balaban J connectivity index is 1.26.